The Labute approximate surface area is 187 Å². The van der Waals surface area contributed by atoms with Gasteiger partial charge in [0.1, 0.15) is 17.2 Å². The van der Waals surface area contributed by atoms with Gasteiger partial charge in [-0.3, -0.25) is 24.2 Å². The van der Waals surface area contributed by atoms with Gasteiger partial charge in [-0.2, -0.15) is 0 Å². The molecule has 0 saturated carbocycles. The van der Waals surface area contributed by atoms with Crippen LogP contribution in [0.2, 0.25) is 5.02 Å². The van der Waals surface area contributed by atoms with Crippen molar-refractivity contribution in [3.63, 3.8) is 0 Å². The molecule has 31 heavy (non-hydrogen) atoms. The number of nitrogens with zero attached hydrogens (tertiary/aromatic N) is 3. The van der Waals surface area contributed by atoms with Gasteiger partial charge in [-0.05, 0) is 36.8 Å². The third-order valence-electron chi connectivity index (χ3n) is 4.74. The number of hydrogen-bond donors (Lipinski definition) is 0. The third-order valence-corrected chi connectivity index (χ3v) is 5.96. The largest absolute Gasteiger partial charge is 0.495 e. The summed E-state index contributed by atoms with van der Waals surface area (Å²) in [5.74, 6) is 0.0599. The average Bonchev–Trinajstić information content (AvgIpc) is 3.48. The van der Waals surface area contributed by atoms with Crippen LogP contribution in [0.25, 0.3) is 6.08 Å². The molecule has 160 valence electrons. The summed E-state index contributed by atoms with van der Waals surface area (Å²) in [5.41, 5.74) is 0.642. The predicted molar refractivity (Wildman–Crippen MR) is 118 cm³/mol. The van der Waals surface area contributed by atoms with Gasteiger partial charge in [0.2, 0.25) is 11.8 Å². The number of rotatable bonds is 5. The van der Waals surface area contributed by atoms with E-state index < -0.39 is 0 Å². The minimum absolute atomic E-state index is 0.0216. The molecule has 0 unspecified atom stereocenters. The van der Waals surface area contributed by atoms with Crippen LogP contribution in [0.4, 0.5) is 5.69 Å². The first-order valence-electron chi connectivity index (χ1n) is 9.46. The van der Waals surface area contributed by atoms with E-state index in [2.05, 4.69) is 4.99 Å². The molecule has 2 aliphatic rings. The normalized spacial score (nSPS) is 17.6. The summed E-state index contributed by atoms with van der Waals surface area (Å²) in [7, 11) is 1.50. The molecule has 0 N–H and O–H groups in total. The number of ether oxygens (including phenoxy) is 1. The molecule has 0 bridgehead atoms. The molecule has 1 fully saturated rings. The first-order valence-corrected chi connectivity index (χ1v) is 10.8. The van der Waals surface area contributed by atoms with Crippen molar-refractivity contribution in [3.8, 4) is 5.75 Å². The quantitative estimate of drug-likeness (QED) is 0.635. The molecule has 2 aromatic rings. The summed E-state index contributed by atoms with van der Waals surface area (Å²) in [5, 5.41) is 0.642. The van der Waals surface area contributed by atoms with E-state index in [4.69, 9.17) is 20.8 Å². The highest BCUT2D eigenvalue weighted by Crippen LogP contribution is 2.34. The Hall–Kier alpha value is -3.04. The topological polar surface area (TPSA) is 92.4 Å². The first-order chi connectivity index (χ1) is 15.0. The standard InChI is InChI=1S/C21H18ClN3O5S/c1-29-17-7-6-13(10-15(17)22)25-20(28)16(11-14-4-3-9-30-14)23-21(25)31-12-19(27)24-8-2-5-18(24)26/h3-4,6-7,9-11H,2,5,8,12H2,1H3/b16-11-. The van der Waals surface area contributed by atoms with Gasteiger partial charge in [0, 0.05) is 19.0 Å². The summed E-state index contributed by atoms with van der Waals surface area (Å²) in [6.45, 7) is 0.422. The van der Waals surface area contributed by atoms with Crippen LogP contribution in [0.5, 0.6) is 5.75 Å². The molecule has 4 rings (SSSR count). The van der Waals surface area contributed by atoms with Gasteiger partial charge in [-0.1, -0.05) is 23.4 Å². The number of thioether (sulfide) groups is 1. The minimum atomic E-state index is -0.384. The van der Waals surface area contributed by atoms with E-state index >= 15 is 0 Å². The lowest BCUT2D eigenvalue weighted by molar-refractivity contribution is -0.140. The van der Waals surface area contributed by atoms with Crippen LogP contribution in [-0.4, -0.2) is 47.2 Å². The highest BCUT2D eigenvalue weighted by Gasteiger charge is 2.34. The van der Waals surface area contributed by atoms with E-state index in [1.807, 2.05) is 0 Å². The van der Waals surface area contributed by atoms with Crippen molar-refractivity contribution in [3.05, 3.63) is 53.1 Å². The van der Waals surface area contributed by atoms with Crippen molar-refractivity contribution in [2.24, 2.45) is 4.99 Å². The second-order valence-corrected chi connectivity index (χ2v) is 8.08. The highest BCUT2D eigenvalue weighted by molar-refractivity contribution is 8.14. The molecule has 0 spiro atoms. The number of furan rings is 1. The van der Waals surface area contributed by atoms with Crippen molar-refractivity contribution < 1.29 is 23.5 Å². The van der Waals surface area contributed by atoms with Crippen LogP contribution in [0.1, 0.15) is 18.6 Å². The fourth-order valence-corrected chi connectivity index (χ4v) is 4.38. The molecule has 1 aromatic heterocycles. The molecule has 3 amide bonds. The Morgan fingerprint density at radius 3 is 2.84 bits per heavy atom. The summed E-state index contributed by atoms with van der Waals surface area (Å²) in [6, 6.07) is 8.34. The van der Waals surface area contributed by atoms with E-state index in [1.165, 1.54) is 29.2 Å². The molecule has 0 radical (unpaired) electrons. The molecule has 10 heteroatoms. The van der Waals surface area contributed by atoms with E-state index in [1.54, 1.807) is 30.3 Å². The van der Waals surface area contributed by atoms with Crippen LogP contribution >= 0.6 is 23.4 Å². The Balaban J connectivity index is 1.62. The molecule has 0 aliphatic carbocycles. The molecular formula is C21H18ClN3O5S. The molecule has 1 saturated heterocycles. The monoisotopic (exact) mass is 459 g/mol. The van der Waals surface area contributed by atoms with Gasteiger partial charge in [-0.25, -0.2) is 4.99 Å². The molecular weight excluding hydrogens is 442 g/mol. The van der Waals surface area contributed by atoms with Crippen molar-refractivity contribution in [2.75, 3.05) is 24.3 Å². The maximum atomic E-state index is 13.1. The molecule has 3 heterocycles. The van der Waals surface area contributed by atoms with E-state index in [9.17, 15) is 14.4 Å². The van der Waals surface area contributed by atoms with Crippen LogP contribution in [0, 0.1) is 0 Å². The van der Waals surface area contributed by atoms with Gasteiger partial charge in [0.05, 0.1) is 29.8 Å². The van der Waals surface area contributed by atoms with E-state index in [0.717, 1.165) is 11.8 Å². The Morgan fingerprint density at radius 1 is 1.35 bits per heavy atom. The SMILES string of the molecule is COc1ccc(N2C(=O)/C(=C/c3ccco3)N=C2SCC(=O)N2CCCC2=O)cc1Cl. The summed E-state index contributed by atoms with van der Waals surface area (Å²) >= 11 is 7.33. The van der Waals surface area contributed by atoms with E-state index in [-0.39, 0.29) is 29.2 Å². The van der Waals surface area contributed by atoms with Crippen LogP contribution in [0.15, 0.2) is 51.7 Å². The maximum absolute atomic E-state index is 13.1. The Bertz CT molecular complexity index is 1100. The number of halogens is 1. The predicted octanol–water partition coefficient (Wildman–Crippen LogP) is 3.57. The zero-order chi connectivity index (χ0) is 22.0. The van der Waals surface area contributed by atoms with Crippen LogP contribution in [-0.2, 0) is 14.4 Å². The molecule has 8 nitrogen and oxygen atoms in total. The number of imide groups is 1. The van der Waals surface area contributed by atoms with Gasteiger partial charge in [-0.15, -0.1) is 0 Å². The number of hydrogen-bond acceptors (Lipinski definition) is 7. The smallest absolute Gasteiger partial charge is 0.283 e. The Morgan fingerprint density at radius 2 is 2.19 bits per heavy atom. The first kappa shape index (κ1) is 21.2. The van der Waals surface area contributed by atoms with Gasteiger partial charge >= 0.3 is 0 Å². The summed E-state index contributed by atoms with van der Waals surface area (Å²) < 4.78 is 10.5. The van der Waals surface area contributed by atoms with Gasteiger partial charge in [0.25, 0.3) is 5.91 Å². The highest BCUT2D eigenvalue weighted by atomic mass is 35.5. The van der Waals surface area contributed by atoms with Crippen LogP contribution < -0.4 is 9.64 Å². The zero-order valence-corrected chi connectivity index (χ0v) is 18.1. The van der Waals surface area contributed by atoms with E-state index in [0.29, 0.717) is 46.8 Å². The van der Waals surface area contributed by atoms with Crippen molar-refractivity contribution in [1.82, 2.24) is 4.90 Å². The third kappa shape index (κ3) is 4.38. The number of carbonyl (C=O) groups excluding carboxylic acids is 3. The number of likely N-dealkylation sites (tertiary alicyclic amines) is 1. The summed E-state index contributed by atoms with van der Waals surface area (Å²) in [4.78, 5) is 44.5. The van der Waals surface area contributed by atoms with Crippen molar-refractivity contribution in [2.45, 2.75) is 12.8 Å². The van der Waals surface area contributed by atoms with Gasteiger partial charge in [0.15, 0.2) is 5.17 Å². The lowest BCUT2D eigenvalue weighted by Gasteiger charge is -2.19. The molecule has 1 aromatic carbocycles. The Kier molecular flexibility index (Phi) is 6.15. The van der Waals surface area contributed by atoms with Crippen LogP contribution in [0.3, 0.4) is 0 Å². The van der Waals surface area contributed by atoms with Crippen molar-refractivity contribution in [1.29, 1.82) is 0 Å². The number of carbonyl (C=O) groups is 3. The fourth-order valence-electron chi connectivity index (χ4n) is 3.24. The minimum Gasteiger partial charge on any atom is -0.495 e. The fraction of sp³-hybridized carbons (Fsp3) is 0.238. The lowest BCUT2D eigenvalue weighted by atomic mass is 10.2. The number of methoxy groups -OCH3 is 1. The van der Waals surface area contributed by atoms with Gasteiger partial charge < -0.3 is 9.15 Å². The number of amides is 3. The summed E-state index contributed by atoms with van der Waals surface area (Å²) in [6.07, 6.45) is 4.07. The molecule has 0 atom stereocenters. The maximum Gasteiger partial charge on any atom is 0.283 e. The zero-order valence-electron chi connectivity index (χ0n) is 16.5. The second kappa shape index (κ2) is 8.99. The number of aliphatic imine (C=N–C) groups is 1. The second-order valence-electron chi connectivity index (χ2n) is 6.73. The average molecular weight is 460 g/mol. The number of benzene rings is 1. The van der Waals surface area contributed by atoms with Crippen molar-refractivity contribution >= 4 is 58.0 Å². The number of anilines is 1. The lowest BCUT2D eigenvalue weighted by Crippen LogP contribution is -2.35. The molecule has 2 aliphatic heterocycles. The number of amidine groups is 1.